The van der Waals surface area contributed by atoms with Crippen LogP contribution in [-0.4, -0.2) is 27.6 Å². The molecule has 0 saturated carbocycles. The number of benzene rings is 2. The number of hydrogen-bond donors (Lipinski definition) is 1. The Kier molecular flexibility index (Phi) is 3.25. The Hall–Kier alpha value is -1.64. The molecule has 0 amide bonds. The molecule has 0 aliphatic rings. The summed E-state index contributed by atoms with van der Waals surface area (Å²) >= 11 is 0. The summed E-state index contributed by atoms with van der Waals surface area (Å²) in [6.07, 6.45) is 0.887. The summed E-state index contributed by atoms with van der Waals surface area (Å²) in [5.74, 6) is 0.00509. The molecule has 0 aliphatic carbocycles. The van der Waals surface area contributed by atoms with Gasteiger partial charge in [-0.3, -0.25) is 4.55 Å². The lowest BCUT2D eigenvalue weighted by molar-refractivity contribution is 0.484. The van der Waals surface area contributed by atoms with Gasteiger partial charge in [0.05, 0.1) is 6.26 Å². The van der Waals surface area contributed by atoms with E-state index in [-0.39, 0.29) is 21.4 Å². The Morgan fingerprint density at radius 2 is 1.53 bits per heavy atom. The molecule has 102 valence electrons. The predicted molar refractivity (Wildman–Crippen MR) is 69.2 cm³/mol. The predicted octanol–water partition coefficient (Wildman–Crippen LogP) is 1.42. The fourth-order valence-corrected chi connectivity index (χ4v) is 2.87. The van der Waals surface area contributed by atoms with Crippen molar-refractivity contribution in [2.24, 2.45) is 0 Å². The maximum Gasteiger partial charge on any atom is 0.306 e. The van der Waals surface area contributed by atoms with Gasteiger partial charge in [-0.2, -0.15) is 16.8 Å². The summed E-state index contributed by atoms with van der Waals surface area (Å²) in [5.41, 5.74) is 0. The molecule has 0 bridgehead atoms. The first-order chi connectivity index (χ1) is 8.68. The lowest BCUT2D eigenvalue weighted by Crippen LogP contribution is -2.07. The highest BCUT2D eigenvalue weighted by molar-refractivity contribution is 7.86. The highest BCUT2D eigenvalue weighted by atomic mass is 32.2. The zero-order valence-electron chi connectivity index (χ0n) is 9.77. The van der Waals surface area contributed by atoms with Crippen molar-refractivity contribution in [3.63, 3.8) is 0 Å². The first-order valence-corrected chi connectivity index (χ1v) is 8.33. The molecule has 8 heteroatoms. The minimum atomic E-state index is -4.39. The third-order valence-electron chi connectivity index (χ3n) is 2.36. The van der Waals surface area contributed by atoms with Crippen LogP contribution in [0.5, 0.6) is 5.75 Å². The van der Waals surface area contributed by atoms with E-state index in [1.54, 1.807) is 12.1 Å². The van der Waals surface area contributed by atoms with E-state index < -0.39 is 20.2 Å². The van der Waals surface area contributed by atoms with E-state index in [1.807, 2.05) is 0 Å². The fourth-order valence-electron chi connectivity index (χ4n) is 1.70. The Morgan fingerprint density at radius 1 is 0.947 bits per heavy atom. The lowest BCUT2D eigenvalue weighted by atomic mass is 10.1. The molecule has 0 fully saturated rings. The molecule has 0 saturated heterocycles. The lowest BCUT2D eigenvalue weighted by Gasteiger charge is -2.09. The van der Waals surface area contributed by atoms with Crippen LogP contribution in [0.2, 0.25) is 0 Å². The van der Waals surface area contributed by atoms with Crippen LogP contribution in [0, 0.1) is 0 Å². The highest BCUT2D eigenvalue weighted by Gasteiger charge is 2.17. The van der Waals surface area contributed by atoms with Crippen molar-refractivity contribution in [1.82, 2.24) is 0 Å². The van der Waals surface area contributed by atoms with Crippen molar-refractivity contribution >= 4 is 31.0 Å². The normalized spacial score (nSPS) is 12.5. The molecule has 6 nitrogen and oxygen atoms in total. The Labute approximate surface area is 110 Å². The zero-order valence-corrected chi connectivity index (χ0v) is 11.4. The van der Waals surface area contributed by atoms with Gasteiger partial charge in [0, 0.05) is 10.8 Å². The van der Waals surface area contributed by atoms with Crippen LogP contribution in [0.1, 0.15) is 0 Å². The molecule has 0 spiro atoms. The van der Waals surface area contributed by atoms with Gasteiger partial charge in [0.1, 0.15) is 4.90 Å². The van der Waals surface area contributed by atoms with Gasteiger partial charge in [-0.05, 0) is 12.1 Å². The van der Waals surface area contributed by atoms with Crippen LogP contribution in [0.15, 0.2) is 41.3 Å². The standard InChI is InChI=1S/C11H10O6S2/c1-18(12,13)17-10-6-7-11(19(14,15)16)9-5-3-2-4-8(9)10/h2-7H,1H3,(H,14,15,16). The third-order valence-corrected chi connectivity index (χ3v) is 3.76. The molecule has 19 heavy (non-hydrogen) atoms. The number of fused-ring (bicyclic) bond motifs is 1. The third kappa shape index (κ3) is 3.03. The van der Waals surface area contributed by atoms with Crippen molar-refractivity contribution in [3.05, 3.63) is 36.4 Å². The van der Waals surface area contributed by atoms with Gasteiger partial charge in [-0.25, -0.2) is 0 Å². The maximum atomic E-state index is 11.2. The average molecular weight is 302 g/mol. The van der Waals surface area contributed by atoms with Gasteiger partial charge in [0.25, 0.3) is 10.1 Å². The maximum absolute atomic E-state index is 11.2. The molecular weight excluding hydrogens is 292 g/mol. The molecule has 2 rings (SSSR count). The van der Waals surface area contributed by atoms with Crippen molar-refractivity contribution in [1.29, 1.82) is 0 Å². The minimum absolute atomic E-state index is 0.00509. The topological polar surface area (TPSA) is 97.7 Å². The van der Waals surface area contributed by atoms with Crippen LogP contribution >= 0.6 is 0 Å². The second-order valence-electron chi connectivity index (χ2n) is 3.87. The summed E-state index contributed by atoms with van der Waals surface area (Å²) in [6.45, 7) is 0. The van der Waals surface area contributed by atoms with E-state index in [4.69, 9.17) is 8.74 Å². The summed E-state index contributed by atoms with van der Waals surface area (Å²) in [6, 6.07) is 8.41. The van der Waals surface area contributed by atoms with Gasteiger partial charge in [0.2, 0.25) is 0 Å². The van der Waals surface area contributed by atoms with E-state index in [0.717, 1.165) is 12.3 Å². The van der Waals surface area contributed by atoms with Crippen LogP contribution in [0.4, 0.5) is 0 Å². The summed E-state index contributed by atoms with van der Waals surface area (Å²) < 4.78 is 58.7. The molecule has 2 aromatic carbocycles. The largest absolute Gasteiger partial charge is 0.382 e. The van der Waals surface area contributed by atoms with Gasteiger partial charge < -0.3 is 4.18 Å². The Morgan fingerprint density at radius 3 is 2.05 bits per heavy atom. The van der Waals surface area contributed by atoms with Crippen molar-refractivity contribution in [3.8, 4) is 5.75 Å². The Balaban J connectivity index is 2.80. The monoisotopic (exact) mass is 302 g/mol. The van der Waals surface area contributed by atoms with E-state index in [1.165, 1.54) is 18.2 Å². The zero-order chi connectivity index (χ0) is 14.3. The van der Waals surface area contributed by atoms with Crippen LogP contribution in [-0.2, 0) is 20.2 Å². The SMILES string of the molecule is CS(=O)(=O)Oc1ccc(S(=O)(=O)O)c2ccccc12. The quantitative estimate of drug-likeness (QED) is 0.680. The van der Waals surface area contributed by atoms with Crippen molar-refractivity contribution in [2.75, 3.05) is 6.26 Å². The average Bonchev–Trinajstić information content (AvgIpc) is 2.25. The second-order valence-corrected chi connectivity index (χ2v) is 6.83. The van der Waals surface area contributed by atoms with E-state index in [0.29, 0.717) is 0 Å². The van der Waals surface area contributed by atoms with Gasteiger partial charge in [-0.15, -0.1) is 0 Å². The minimum Gasteiger partial charge on any atom is -0.382 e. The van der Waals surface area contributed by atoms with E-state index >= 15 is 0 Å². The number of rotatable bonds is 3. The fraction of sp³-hybridized carbons (Fsp3) is 0.0909. The summed E-state index contributed by atoms with van der Waals surface area (Å²) in [4.78, 5) is -0.302. The molecule has 0 unspecified atom stereocenters. The van der Waals surface area contributed by atoms with Gasteiger partial charge in [0.15, 0.2) is 5.75 Å². The molecule has 0 atom stereocenters. The van der Waals surface area contributed by atoms with Gasteiger partial charge >= 0.3 is 10.1 Å². The molecular formula is C11H10O6S2. The smallest absolute Gasteiger partial charge is 0.306 e. The second kappa shape index (κ2) is 4.48. The van der Waals surface area contributed by atoms with Crippen LogP contribution in [0.3, 0.4) is 0 Å². The van der Waals surface area contributed by atoms with Crippen molar-refractivity contribution < 1.29 is 25.6 Å². The van der Waals surface area contributed by atoms with E-state index in [2.05, 4.69) is 0 Å². The Bertz CT molecular complexity index is 837. The highest BCUT2D eigenvalue weighted by Crippen LogP contribution is 2.31. The summed E-state index contributed by atoms with van der Waals surface area (Å²) in [5, 5.41) is 0.467. The summed E-state index contributed by atoms with van der Waals surface area (Å²) in [7, 11) is -8.12. The van der Waals surface area contributed by atoms with E-state index in [9.17, 15) is 16.8 Å². The molecule has 1 N–H and O–H groups in total. The van der Waals surface area contributed by atoms with Gasteiger partial charge in [-0.1, -0.05) is 24.3 Å². The first-order valence-electron chi connectivity index (χ1n) is 5.07. The van der Waals surface area contributed by atoms with Crippen LogP contribution in [0.25, 0.3) is 10.8 Å². The molecule has 2 aromatic rings. The van der Waals surface area contributed by atoms with Crippen molar-refractivity contribution in [2.45, 2.75) is 4.90 Å². The molecule has 0 radical (unpaired) electrons. The molecule has 0 heterocycles. The molecule has 0 aromatic heterocycles. The number of hydrogen-bond acceptors (Lipinski definition) is 5. The molecule has 0 aliphatic heterocycles. The first kappa shape index (κ1) is 13.8. The van der Waals surface area contributed by atoms with Crippen LogP contribution < -0.4 is 4.18 Å².